The normalized spacial score (nSPS) is 11.2. The SMILES string of the molecule is CCCCCCCCCCC[CH2][Al]([Br])[CH2]CCCCCCCCCCC. The summed E-state index contributed by atoms with van der Waals surface area (Å²) in [7, 11) is 0. The van der Waals surface area contributed by atoms with E-state index in [9.17, 15) is 0 Å². The highest BCUT2D eigenvalue weighted by Gasteiger charge is 2.12. The highest BCUT2D eigenvalue weighted by Crippen LogP contribution is 2.19. The summed E-state index contributed by atoms with van der Waals surface area (Å²) < 4.78 is 0. The second-order valence-electron chi connectivity index (χ2n) is 8.54. The van der Waals surface area contributed by atoms with Gasteiger partial charge in [0.05, 0.1) is 0 Å². The van der Waals surface area contributed by atoms with Crippen molar-refractivity contribution >= 4 is 26.4 Å². The quantitative estimate of drug-likeness (QED) is 0.115. The molecular formula is C24H50AlBr. The molecule has 0 aliphatic carbocycles. The van der Waals surface area contributed by atoms with Gasteiger partial charge in [0.1, 0.15) is 0 Å². The molecule has 2 heteroatoms. The molecule has 0 radical (unpaired) electrons. The summed E-state index contributed by atoms with van der Waals surface area (Å²) in [5, 5.41) is 3.07. The summed E-state index contributed by atoms with van der Waals surface area (Å²) in [5.41, 5.74) is 0. The number of halogens is 1. The average Bonchev–Trinajstić information content (AvgIpc) is 2.64. The van der Waals surface area contributed by atoms with E-state index >= 15 is 0 Å². The van der Waals surface area contributed by atoms with Gasteiger partial charge in [-0.25, -0.2) is 14.1 Å². The first-order chi connectivity index (χ1) is 12.8. The molecule has 0 amide bonds. The van der Waals surface area contributed by atoms with Gasteiger partial charge in [0, 0.05) is 0 Å². The zero-order valence-corrected chi connectivity index (χ0v) is 21.3. The standard InChI is InChI=1S/2C12H25.Al.BrH/c2*1-3-5-7-9-11-12-10-8-6-4-2;;/h2*1,3-12H2,2H3;;1H/q;;+1;/p-1. The molecule has 0 aliphatic rings. The summed E-state index contributed by atoms with van der Waals surface area (Å²) in [4.78, 5) is 0. The van der Waals surface area contributed by atoms with Gasteiger partial charge in [-0.3, -0.25) is 0 Å². The fourth-order valence-corrected chi connectivity index (χ4v) is 7.55. The van der Waals surface area contributed by atoms with Crippen LogP contribution in [-0.2, 0) is 0 Å². The highest BCUT2D eigenvalue weighted by molar-refractivity contribution is 9.24. The van der Waals surface area contributed by atoms with Crippen molar-refractivity contribution in [1.29, 1.82) is 0 Å². The maximum absolute atomic E-state index is 4.05. The molecule has 0 spiro atoms. The predicted molar refractivity (Wildman–Crippen MR) is 128 cm³/mol. The molecule has 0 N–H and O–H groups in total. The molecule has 0 nitrogen and oxygen atoms in total. The van der Waals surface area contributed by atoms with Crippen LogP contribution >= 0.6 is 14.1 Å². The first-order valence-corrected chi connectivity index (χ1v) is 17.3. The summed E-state index contributed by atoms with van der Waals surface area (Å²) in [5.74, 6) is 0. The first-order valence-electron chi connectivity index (χ1n) is 12.4. The summed E-state index contributed by atoms with van der Waals surface area (Å²) in [6.45, 7) is 4.61. The van der Waals surface area contributed by atoms with E-state index < -0.39 is 12.3 Å². The Morgan fingerprint density at radius 1 is 0.385 bits per heavy atom. The molecule has 0 saturated heterocycles. The van der Waals surface area contributed by atoms with Crippen LogP contribution in [0, 0.1) is 0 Å². The largest absolute Gasteiger partial charge is 0.365 e. The Bertz CT molecular complexity index is 220. The van der Waals surface area contributed by atoms with E-state index in [0.717, 1.165) is 0 Å². The predicted octanol–water partition coefficient (Wildman–Crippen LogP) is 10.2. The zero-order chi connectivity index (χ0) is 19.1. The molecule has 0 aromatic rings. The van der Waals surface area contributed by atoms with Gasteiger partial charge in [-0.05, 0) is 0 Å². The van der Waals surface area contributed by atoms with Crippen molar-refractivity contribution in [2.75, 3.05) is 0 Å². The van der Waals surface area contributed by atoms with Crippen LogP contribution in [0.3, 0.4) is 0 Å². The Kier molecular flexibility index (Phi) is 25.0. The lowest BCUT2D eigenvalue weighted by Crippen LogP contribution is -2.01. The van der Waals surface area contributed by atoms with Crippen LogP contribution < -0.4 is 0 Å². The van der Waals surface area contributed by atoms with Crippen LogP contribution in [0.15, 0.2) is 0 Å². The molecule has 0 aliphatic heterocycles. The number of unbranched alkanes of at least 4 members (excludes halogenated alkanes) is 18. The molecule has 0 aromatic heterocycles. The minimum Gasteiger partial charge on any atom is -0.217 e. The molecule has 0 bridgehead atoms. The lowest BCUT2D eigenvalue weighted by Gasteiger charge is -2.06. The maximum atomic E-state index is 4.05. The molecule has 156 valence electrons. The van der Waals surface area contributed by atoms with E-state index in [1.165, 1.54) is 139 Å². The van der Waals surface area contributed by atoms with Crippen LogP contribution in [0.4, 0.5) is 0 Å². The van der Waals surface area contributed by atoms with Gasteiger partial charge in [-0.15, -0.1) is 0 Å². The van der Waals surface area contributed by atoms with E-state index in [2.05, 4.69) is 27.9 Å². The van der Waals surface area contributed by atoms with Gasteiger partial charge in [-0.2, -0.15) is 0 Å². The van der Waals surface area contributed by atoms with Crippen LogP contribution in [0.1, 0.15) is 142 Å². The fraction of sp³-hybridized carbons (Fsp3) is 1.00. The number of hydrogen-bond donors (Lipinski definition) is 0. The Morgan fingerprint density at radius 2 is 0.615 bits per heavy atom. The lowest BCUT2D eigenvalue weighted by atomic mass is 10.1. The van der Waals surface area contributed by atoms with Crippen molar-refractivity contribution in [2.24, 2.45) is 0 Å². The Morgan fingerprint density at radius 3 is 0.885 bits per heavy atom. The summed E-state index contributed by atoms with van der Waals surface area (Å²) in [6.07, 6.45) is 29.3. The lowest BCUT2D eigenvalue weighted by molar-refractivity contribution is 0.560. The van der Waals surface area contributed by atoms with Crippen LogP contribution in [-0.4, -0.2) is 12.3 Å². The third-order valence-electron chi connectivity index (χ3n) is 5.74. The fourth-order valence-electron chi connectivity index (χ4n) is 3.85. The summed E-state index contributed by atoms with van der Waals surface area (Å²) in [6, 6.07) is 0. The minimum absolute atomic E-state index is 0.546. The molecule has 0 heterocycles. The Balaban J connectivity index is 3.12. The first kappa shape index (κ1) is 27.0. The van der Waals surface area contributed by atoms with Gasteiger partial charge in [-0.1, -0.05) is 153 Å². The van der Waals surface area contributed by atoms with E-state index in [-0.39, 0.29) is 0 Å². The maximum Gasteiger partial charge on any atom is 0.365 e. The van der Waals surface area contributed by atoms with Crippen molar-refractivity contribution in [3.8, 4) is 0 Å². The highest BCUT2D eigenvalue weighted by atomic mass is 79.9. The van der Waals surface area contributed by atoms with Crippen LogP contribution in [0.5, 0.6) is 0 Å². The molecule has 0 saturated carbocycles. The monoisotopic (exact) mass is 444 g/mol. The van der Waals surface area contributed by atoms with E-state index in [4.69, 9.17) is 0 Å². The van der Waals surface area contributed by atoms with Gasteiger partial charge >= 0.3 is 12.3 Å². The van der Waals surface area contributed by atoms with Gasteiger partial charge < -0.3 is 0 Å². The van der Waals surface area contributed by atoms with Crippen LogP contribution in [0.2, 0.25) is 10.6 Å². The van der Waals surface area contributed by atoms with Crippen LogP contribution in [0.25, 0.3) is 0 Å². The Hall–Kier alpha value is 1.01. The third kappa shape index (κ3) is 23.1. The molecular weight excluding hydrogens is 395 g/mol. The van der Waals surface area contributed by atoms with Gasteiger partial charge in [0.25, 0.3) is 0 Å². The van der Waals surface area contributed by atoms with Crippen molar-refractivity contribution in [3.63, 3.8) is 0 Å². The molecule has 0 aromatic carbocycles. The van der Waals surface area contributed by atoms with E-state index in [1.807, 2.05) is 0 Å². The zero-order valence-electron chi connectivity index (χ0n) is 18.5. The van der Waals surface area contributed by atoms with Crippen molar-refractivity contribution in [1.82, 2.24) is 0 Å². The topological polar surface area (TPSA) is 0 Å². The second-order valence-corrected chi connectivity index (χ2v) is 14.8. The third-order valence-corrected chi connectivity index (χ3v) is 10.6. The smallest absolute Gasteiger partial charge is 0.217 e. The number of rotatable bonds is 22. The summed E-state index contributed by atoms with van der Waals surface area (Å²) >= 11 is 3.51. The van der Waals surface area contributed by atoms with E-state index in [1.54, 1.807) is 0 Å². The Labute approximate surface area is 178 Å². The molecule has 26 heavy (non-hydrogen) atoms. The average molecular weight is 446 g/mol. The molecule has 0 rings (SSSR count). The van der Waals surface area contributed by atoms with Gasteiger partial charge in [0.2, 0.25) is 0 Å². The molecule has 0 fully saturated rings. The van der Waals surface area contributed by atoms with Crippen molar-refractivity contribution < 1.29 is 0 Å². The second kappa shape index (κ2) is 24.1. The number of hydrogen-bond acceptors (Lipinski definition) is 0. The molecule has 0 unspecified atom stereocenters. The van der Waals surface area contributed by atoms with Crippen molar-refractivity contribution in [2.45, 2.75) is 153 Å². The molecule has 0 atom stereocenters. The minimum atomic E-state index is -0.546. The van der Waals surface area contributed by atoms with Crippen molar-refractivity contribution in [3.05, 3.63) is 0 Å². The van der Waals surface area contributed by atoms with E-state index in [0.29, 0.717) is 0 Å². The van der Waals surface area contributed by atoms with Gasteiger partial charge in [0.15, 0.2) is 0 Å².